The van der Waals surface area contributed by atoms with Crippen molar-refractivity contribution in [3.05, 3.63) is 46.5 Å². The standard InChI is InChI=1S/C16H12F4S/c1-3-4-8-6-10-12(16(20)14(8)18)11-9(21-10)5-7(2)13(17)15(11)19/h5-6H,3-4H2,1-2H3. The predicted molar refractivity (Wildman–Crippen MR) is 77.9 cm³/mol. The zero-order chi connectivity index (χ0) is 15.3. The van der Waals surface area contributed by atoms with Crippen LogP contribution in [0.2, 0.25) is 0 Å². The molecule has 0 atom stereocenters. The Morgan fingerprint density at radius 2 is 1.43 bits per heavy atom. The summed E-state index contributed by atoms with van der Waals surface area (Å²) < 4.78 is 57.1. The van der Waals surface area contributed by atoms with E-state index in [1.807, 2.05) is 6.92 Å². The molecule has 3 aromatic rings. The van der Waals surface area contributed by atoms with Crippen LogP contribution in [0, 0.1) is 30.2 Å². The molecule has 0 saturated carbocycles. The fourth-order valence-corrected chi connectivity index (χ4v) is 3.83. The molecule has 1 aromatic heterocycles. The van der Waals surface area contributed by atoms with Gasteiger partial charge >= 0.3 is 0 Å². The van der Waals surface area contributed by atoms with E-state index < -0.39 is 23.3 Å². The number of benzene rings is 2. The number of thiophene rings is 1. The highest BCUT2D eigenvalue weighted by Crippen LogP contribution is 2.40. The molecule has 3 rings (SSSR count). The molecule has 0 unspecified atom stereocenters. The van der Waals surface area contributed by atoms with Gasteiger partial charge < -0.3 is 0 Å². The highest BCUT2D eigenvalue weighted by Gasteiger charge is 2.22. The third kappa shape index (κ3) is 2.02. The largest absolute Gasteiger partial charge is 0.203 e. The summed E-state index contributed by atoms with van der Waals surface area (Å²) in [5, 5.41) is -0.332. The maximum atomic E-state index is 14.3. The minimum atomic E-state index is -1.11. The number of halogens is 4. The first-order chi connectivity index (χ1) is 9.95. The van der Waals surface area contributed by atoms with Crippen molar-refractivity contribution in [1.82, 2.24) is 0 Å². The molecule has 1 heterocycles. The van der Waals surface area contributed by atoms with Gasteiger partial charge in [0.25, 0.3) is 0 Å². The summed E-state index contributed by atoms with van der Waals surface area (Å²) in [5.74, 6) is -4.19. The quantitative estimate of drug-likeness (QED) is 0.519. The van der Waals surface area contributed by atoms with Crippen molar-refractivity contribution in [2.24, 2.45) is 0 Å². The van der Waals surface area contributed by atoms with Gasteiger partial charge in [-0.25, -0.2) is 17.6 Å². The van der Waals surface area contributed by atoms with Crippen molar-refractivity contribution >= 4 is 31.5 Å². The van der Waals surface area contributed by atoms with Crippen LogP contribution >= 0.6 is 11.3 Å². The van der Waals surface area contributed by atoms with E-state index in [9.17, 15) is 17.6 Å². The first kappa shape index (κ1) is 14.3. The van der Waals surface area contributed by atoms with Gasteiger partial charge in [0.15, 0.2) is 23.3 Å². The fourth-order valence-electron chi connectivity index (χ4n) is 2.57. The molecule has 21 heavy (non-hydrogen) atoms. The fraction of sp³-hybridized carbons (Fsp3) is 0.250. The van der Waals surface area contributed by atoms with Gasteiger partial charge in [0, 0.05) is 20.2 Å². The minimum absolute atomic E-state index is 0.154. The van der Waals surface area contributed by atoms with Crippen LogP contribution < -0.4 is 0 Å². The van der Waals surface area contributed by atoms with Crippen LogP contribution in [-0.4, -0.2) is 0 Å². The van der Waals surface area contributed by atoms with E-state index in [1.54, 1.807) is 0 Å². The third-order valence-corrected chi connectivity index (χ3v) is 4.67. The highest BCUT2D eigenvalue weighted by molar-refractivity contribution is 7.25. The lowest BCUT2D eigenvalue weighted by molar-refractivity contribution is 0.503. The van der Waals surface area contributed by atoms with E-state index in [0.29, 0.717) is 22.2 Å². The normalized spacial score (nSPS) is 11.7. The Bertz CT molecular complexity index is 864. The average molecular weight is 312 g/mol. The van der Waals surface area contributed by atoms with Crippen molar-refractivity contribution in [1.29, 1.82) is 0 Å². The predicted octanol–water partition coefficient (Wildman–Crippen LogP) is 5.87. The molecule has 0 radical (unpaired) electrons. The number of hydrogen-bond acceptors (Lipinski definition) is 1. The van der Waals surface area contributed by atoms with Crippen LogP contribution in [0.3, 0.4) is 0 Å². The Labute approximate surface area is 123 Å². The van der Waals surface area contributed by atoms with Crippen LogP contribution in [0.1, 0.15) is 24.5 Å². The lowest BCUT2D eigenvalue weighted by Gasteiger charge is -2.05. The highest BCUT2D eigenvalue weighted by atomic mass is 32.1. The average Bonchev–Trinajstić information content (AvgIpc) is 2.80. The first-order valence-corrected chi connectivity index (χ1v) is 7.45. The van der Waals surface area contributed by atoms with Crippen molar-refractivity contribution < 1.29 is 17.6 Å². The van der Waals surface area contributed by atoms with Gasteiger partial charge in [-0.3, -0.25) is 0 Å². The van der Waals surface area contributed by atoms with Gasteiger partial charge in [0.2, 0.25) is 0 Å². The van der Waals surface area contributed by atoms with Gasteiger partial charge in [0.1, 0.15) is 0 Å². The molecule has 0 fully saturated rings. The summed E-state index contributed by atoms with van der Waals surface area (Å²) in [7, 11) is 0. The second kappa shape index (κ2) is 4.98. The zero-order valence-corrected chi connectivity index (χ0v) is 12.3. The Kier molecular flexibility index (Phi) is 3.40. The van der Waals surface area contributed by atoms with E-state index in [-0.39, 0.29) is 21.9 Å². The lowest BCUT2D eigenvalue weighted by Crippen LogP contribution is -1.95. The molecule has 2 aromatic carbocycles. The second-order valence-electron chi connectivity index (χ2n) is 5.08. The molecular formula is C16H12F4S. The Hall–Kier alpha value is -1.62. The van der Waals surface area contributed by atoms with Gasteiger partial charge in [-0.2, -0.15) is 0 Å². The number of aryl methyl sites for hydroxylation is 2. The van der Waals surface area contributed by atoms with Crippen molar-refractivity contribution in [3.63, 3.8) is 0 Å². The van der Waals surface area contributed by atoms with Crippen LogP contribution in [0.5, 0.6) is 0 Å². The molecule has 0 spiro atoms. The number of fused-ring (bicyclic) bond motifs is 3. The molecule has 0 N–H and O–H groups in total. The van der Waals surface area contributed by atoms with Gasteiger partial charge in [-0.05, 0) is 36.6 Å². The van der Waals surface area contributed by atoms with Crippen molar-refractivity contribution in [2.75, 3.05) is 0 Å². The molecule has 0 saturated heterocycles. The third-order valence-electron chi connectivity index (χ3n) is 3.59. The monoisotopic (exact) mass is 312 g/mol. The Balaban J connectivity index is 2.49. The molecule has 0 aliphatic heterocycles. The summed E-state index contributed by atoms with van der Waals surface area (Å²) in [6.45, 7) is 3.31. The minimum Gasteiger partial charge on any atom is -0.203 e. The maximum Gasteiger partial charge on any atom is 0.168 e. The molecule has 0 aliphatic carbocycles. The summed E-state index contributed by atoms with van der Waals surface area (Å²) >= 11 is 1.15. The summed E-state index contributed by atoms with van der Waals surface area (Å²) in [6, 6.07) is 3.00. The molecule has 5 heteroatoms. The van der Waals surface area contributed by atoms with Crippen molar-refractivity contribution in [3.8, 4) is 0 Å². The summed E-state index contributed by atoms with van der Waals surface area (Å²) in [6.07, 6.45) is 1.08. The Morgan fingerprint density at radius 1 is 0.857 bits per heavy atom. The van der Waals surface area contributed by atoms with Crippen LogP contribution in [0.25, 0.3) is 20.2 Å². The van der Waals surface area contributed by atoms with Crippen LogP contribution in [-0.2, 0) is 6.42 Å². The second-order valence-corrected chi connectivity index (χ2v) is 6.17. The summed E-state index contributed by atoms with van der Waals surface area (Å²) in [5.41, 5.74) is 0.424. The maximum absolute atomic E-state index is 14.3. The van der Waals surface area contributed by atoms with Crippen LogP contribution in [0.4, 0.5) is 17.6 Å². The zero-order valence-electron chi connectivity index (χ0n) is 11.5. The molecular weight excluding hydrogens is 300 g/mol. The number of hydrogen-bond donors (Lipinski definition) is 0. The molecule has 110 valence electrons. The topological polar surface area (TPSA) is 0 Å². The van der Waals surface area contributed by atoms with Crippen molar-refractivity contribution in [2.45, 2.75) is 26.7 Å². The lowest BCUT2D eigenvalue weighted by atomic mass is 10.0. The van der Waals surface area contributed by atoms with Gasteiger partial charge in [-0.15, -0.1) is 11.3 Å². The van der Waals surface area contributed by atoms with Crippen LogP contribution in [0.15, 0.2) is 12.1 Å². The first-order valence-electron chi connectivity index (χ1n) is 6.63. The van der Waals surface area contributed by atoms with E-state index in [1.165, 1.54) is 19.1 Å². The van der Waals surface area contributed by atoms with E-state index in [4.69, 9.17) is 0 Å². The summed E-state index contributed by atoms with van der Waals surface area (Å²) in [4.78, 5) is 0. The van der Waals surface area contributed by atoms with E-state index >= 15 is 0 Å². The van der Waals surface area contributed by atoms with E-state index in [0.717, 1.165) is 11.3 Å². The molecule has 0 bridgehead atoms. The van der Waals surface area contributed by atoms with Gasteiger partial charge in [-0.1, -0.05) is 13.3 Å². The SMILES string of the molecule is CCCc1cc2sc3cc(C)c(F)c(F)c3c2c(F)c1F. The Morgan fingerprint density at radius 3 is 2.05 bits per heavy atom. The van der Waals surface area contributed by atoms with E-state index in [2.05, 4.69) is 0 Å². The number of rotatable bonds is 2. The molecule has 0 aliphatic rings. The molecule has 0 amide bonds. The van der Waals surface area contributed by atoms with Gasteiger partial charge in [0.05, 0.1) is 0 Å². The molecule has 0 nitrogen and oxygen atoms in total. The smallest absolute Gasteiger partial charge is 0.168 e.